The van der Waals surface area contributed by atoms with Gasteiger partial charge in [-0.25, -0.2) is 4.39 Å². The molecule has 4 heteroatoms. The summed E-state index contributed by atoms with van der Waals surface area (Å²) in [7, 11) is 1.60. The number of halogens is 2. The maximum absolute atomic E-state index is 13.6. The molecule has 1 atom stereocenters. The summed E-state index contributed by atoms with van der Waals surface area (Å²) in [5, 5.41) is 3.39. The Labute approximate surface area is 132 Å². The van der Waals surface area contributed by atoms with Crippen LogP contribution in [-0.4, -0.2) is 13.7 Å². The molecule has 2 nitrogen and oxygen atoms in total. The lowest BCUT2D eigenvalue weighted by molar-refractivity contribution is 0.402. The summed E-state index contributed by atoms with van der Waals surface area (Å²) in [4.78, 5) is 0. The Morgan fingerprint density at radius 2 is 1.90 bits per heavy atom. The van der Waals surface area contributed by atoms with E-state index in [1.807, 2.05) is 19.1 Å². The Morgan fingerprint density at radius 3 is 2.50 bits per heavy atom. The fourth-order valence-corrected chi connectivity index (χ4v) is 2.56. The summed E-state index contributed by atoms with van der Waals surface area (Å²) in [5.74, 6) is 0.435. The van der Waals surface area contributed by atoms with Crippen LogP contribution >= 0.6 is 22.6 Å². The van der Waals surface area contributed by atoms with E-state index in [1.54, 1.807) is 13.2 Å². The van der Waals surface area contributed by atoms with Crippen LogP contribution in [0.25, 0.3) is 0 Å². The number of ether oxygens (including phenoxy) is 1. The van der Waals surface area contributed by atoms with Gasteiger partial charge in [0.2, 0.25) is 0 Å². The van der Waals surface area contributed by atoms with Crippen molar-refractivity contribution in [3.63, 3.8) is 0 Å². The van der Waals surface area contributed by atoms with Gasteiger partial charge in [0.05, 0.1) is 13.2 Å². The molecule has 0 saturated carbocycles. The topological polar surface area (TPSA) is 21.3 Å². The summed E-state index contributed by atoms with van der Waals surface area (Å²) in [5.41, 5.74) is 1.91. The van der Waals surface area contributed by atoms with E-state index in [0.29, 0.717) is 5.75 Å². The van der Waals surface area contributed by atoms with E-state index in [1.165, 1.54) is 15.7 Å². The quantitative estimate of drug-likeness (QED) is 0.782. The molecule has 2 rings (SSSR count). The molecule has 0 aliphatic rings. The standard InChI is InChI=1S/C16H17FINO/c1-3-19-16(11-4-7-13(18)8-5-11)14-10-12(17)6-9-15(14)20-2/h4-10,16,19H,3H2,1-2H3. The lowest BCUT2D eigenvalue weighted by Gasteiger charge is -2.21. The second kappa shape index (κ2) is 7.04. The Morgan fingerprint density at radius 1 is 1.20 bits per heavy atom. The first kappa shape index (κ1) is 15.3. The van der Waals surface area contributed by atoms with Crippen molar-refractivity contribution in [3.05, 3.63) is 63.0 Å². The number of hydrogen-bond donors (Lipinski definition) is 1. The van der Waals surface area contributed by atoms with Gasteiger partial charge in [-0.1, -0.05) is 19.1 Å². The third-order valence-corrected chi connectivity index (χ3v) is 3.83. The van der Waals surface area contributed by atoms with E-state index in [-0.39, 0.29) is 11.9 Å². The molecule has 0 aromatic heterocycles. The summed E-state index contributed by atoms with van der Waals surface area (Å²) in [6, 6.07) is 12.7. The highest BCUT2D eigenvalue weighted by molar-refractivity contribution is 14.1. The third-order valence-electron chi connectivity index (χ3n) is 3.11. The summed E-state index contributed by atoms with van der Waals surface area (Å²) in [6.45, 7) is 2.82. The molecule has 0 saturated heterocycles. The van der Waals surface area contributed by atoms with Crippen LogP contribution in [0, 0.1) is 9.39 Å². The second-order valence-corrected chi connectivity index (χ2v) is 5.67. The lowest BCUT2D eigenvalue weighted by Crippen LogP contribution is -2.22. The molecule has 2 aromatic carbocycles. The summed E-state index contributed by atoms with van der Waals surface area (Å²) in [6.07, 6.45) is 0. The van der Waals surface area contributed by atoms with E-state index >= 15 is 0 Å². The smallest absolute Gasteiger partial charge is 0.124 e. The first-order valence-electron chi connectivity index (χ1n) is 6.48. The van der Waals surface area contributed by atoms with E-state index in [0.717, 1.165) is 17.7 Å². The molecule has 1 N–H and O–H groups in total. The van der Waals surface area contributed by atoms with E-state index in [4.69, 9.17) is 4.74 Å². The highest BCUT2D eigenvalue weighted by Gasteiger charge is 2.18. The fraction of sp³-hybridized carbons (Fsp3) is 0.250. The van der Waals surface area contributed by atoms with Crippen molar-refractivity contribution in [2.75, 3.05) is 13.7 Å². The van der Waals surface area contributed by atoms with Gasteiger partial charge in [0.1, 0.15) is 11.6 Å². The maximum Gasteiger partial charge on any atom is 0.124 e. The average Bonchev–Trinajstić information content (AvgIpc) is 2.46. The largest absolute Gasteiger partial charge is 0.496 e. The summed E-state index contributed by atoms with van der Waals surface area (Å²) >= 11 is 2.27. The van der Waals surface area contributed by atoms with Gasteiger partial charge < -0.3 is 10.1 Å². The van der Waals surface area contributed by atoms with Gasteiger partial charge in [-0.3, -0.25) is 0 Å². The molecule has 20 heavy (non-hydrogen) atoms. The Bertz CT molecular complexity index is 571. The zero-order valence-electron chi connectivity index (χ0n) is 11.5. The Kier molecular flexibility index (Phi) is 5.37. The van der Waals surface area contributed by atoms with Gasteiger partial charge in [-0.15, -0.1) is 0 Å². The van der Waals surface area contributed by atoms with Gasteiger partial charge >= 0.3 is 0 Å². The monoisotopic (exact) mass is 385 g/mol. The minimum absolute atomic E-state index is 0.0809. The minimum Gasteiger partial charge on any atom is -0.496 e. The lowest BCUT2D eigenvalue weighted by atomic mass is 9.97. The fourth-order valence-electron chi connectivity index (χ4n) is 2.20. The van der Waals surface area contributed by atoms with Gasteiger partial charge in [0.15, 0.2) is 0 Å². The van der Waals surface area contributed by atoms with Crippen molar-refractivity contribution in [2.45, 2.75) is 13.0 Å². The molecular weight excluding hydrogens is 368 g/mol. The van der Waals surface area contributed by atoms with Crippen molar-refractivity contribution in [1.82, 2.24) is 5.32 Å². The predicted molar refractivity (Wildman–Crippen MR) is 87.6 cm³/mol. The number of benzene rings is 2. The van der Waals surface area contributed by atoms with Gasteiger partial charge in [-0.2, -0.15) is 0 Å². The first-order chi connectivity index (χ1) is 9.65. The maximum atomic E-state index is 13.6. The van der Waals surface area contributed by atoms with Crippen LogP contribution in [-0.2, 0) is 0 Å². The molecule has 0 spiro atoms. The Balaban J connectivity index is 2.47. The van der Waals surface area contributed by atoms with E-state index < -0.39 is 0 Å². The van der Waals surface area contributed by atoms with Crippen LogP contribution in [0.3, 0.4) is 0 Å². The zero-order valence-corrected chi connectivity index (χ0v) is 13.6. The average molecular weight is 385 g/mol. The van der Waals surface area contributed by atoms with Crippen LogP contribution in [0.4, 0.5) is 4.39 Å². The van der Waals surface area contributed by atoms with Crippen LogP contribution in [0.1, 0.15) is 24.1 Å². The molecule has 1 unspecified atom stereocenters. The highest BCUT2D eigenvalue weighted by atomic mass is 127. The molecule has 0 bridgehead atoms. The molecule has 0 fully saturated rings. The number of rotatable bonds is 5. The molecule has 0 heterocycles. The molecule has 0 aliphatic heterocycles. The molecule has 0 radical (unpaired) electrons. The van der Waals surface area contributed by atoms with Crippen LogP contribution in [0.15, 0.2) is 42.5 Å². The van der Waals surface area contributed by atoms with Gasteiger partial charge in [-0.05, 0) is 65.0 Å². The van der Waals surface area contributed by atoms with Crippen molar-refractivity contribution in [1.29, 1.82) is 0 Å². The number of hydrogen-bond acceptors (Lipinski definition) is 2. The molecule has 0 amide bonds. The minimum atomic E-state index is -0.255. The highest BCUT2D eigenvalue weighted by Crippen LogP contribution is 2.31. The van der Waals surface area contributed by atoms with Crippen molar-refractivity contribution >= 4 is 22.6 Å². The van der Waals surface area contributed by atoms with E-state index in [9.17, 15) is 4.39 Å². The third kappa shape index (κ3) is 3.49. The Hall–Kier alpha value is -1.14. The van der Waals surface area contributed by atoms with E-state index in [2.05, 4.69) is 40.0 Å². The normalized spacial score (nSPS) is 12.2. The zero-order chi connectivity index (χ0) is 14.5. The van der Waals surface area contributed by atoms with Crippen LogP contribution in [0.5, 0.6) is 5.75 Å². The van der Waals surface area contributed by atoms with Crippen molar-refractivity contribution in [2.24, 2.45) is 0 Å². The summed E-state index contributed by atoms with van der Waals surface area (Å²) < 4.78 is 20.1. The molecular formula is C16H17FINO. The predicted octanol–water partition coefficient (Wildman–Crippen LogP) is 4.14. The number of nitrogens with one attached hydrogen (secondary N) is 1. The SMILES string of the molecule is CCNC(c1ccc(I)cc1)c1cc(F)ccc1OC. The number of methoxy groups -OCH3 is 1. The second-order valence-electron chi connectivity index (χ2n) is 4.43. The molecule has 0 aliphatic carbocycles. The van der Waals surface area contributed by atoms with Crippen molar-refractivity contribution < 1.29 is 9.13 Å². The van der Waals surface area contributed by atoms with Gasteiger partial charge in [0, 0.05) is 9.13 Å². The molecule has 106 valence electrons. The van der Waals surface area contributed by atoms with Gasteiger partial charge in [0.25, 0.3) is 0 Å². The molecule has 2 aromatic rings. The van der Waals surface area contributed by atoms with Crippen LogP contribution < -0.4 is 10.1 Å². The van der Waals surface area contributed by atoms with Crippen molar-refractivity contribution in [3.8, 4) is 5.75 Å². The first-order valence-corrected chi connectivity index (χ1v) is 7.56. The van der Waals surface area contributed by atoms with Crippen LogP contribution in [0.2, 0.25) is 0 Å².